The van der Waals surface area contributed by atoms with Gasteiger partial charge in [-0.2, -0.15) is 0 Å². The zero-order chi connectivity index (χ0) is 19.0. The molecule has 0 aliphatic carbocycles. The largest absolute Gasteiger partial charge is 0.352 e. The predicted molar refractivity (Wildman–Crippen MR) is 110 cm³/mol. The summed E-state index contributed by atoms with van der Waals surface area (Å²) in [6.07, 6.45) is 4.87. The van der Waals surface area contributed by atoms with Crippen molar-refractivity contribution in [2.45, 2.75) is 64.8 Å². The van der Waals surface area contributed by atoms with E-state index in [-0.39, 0.29) is 11.9 Å². The molecule has 2 aliphatic rings. The van der Waals surface area contributed by atoms with Crippen molar-refractivity contribution in [1.29, 1.82) is 0 Å². The summed E-state index contributed by atoms with van der Waals surface area (Å²) in [7, 11) is 0. The molecule has 2 aliphatic heterocycles. The van der Waals surface area contributed by atoms with Crippen LogP contribution in [-0.2, 0) is 17.9 Å². The van der Waals surface area contributed by atoms with Crippen molar-refractivity contribution in [3.8, 4) is 0 Å². The van der Waals surface area contributed by atoms with Gasteiger partial charge in [-0.25, -0.2) is 0 Å². The molecule has 2 saturated heterocycles. The molecule has 0 radical (unpaired) electrons. The molecule has 146 valence electrons. The molecule has 2 fully saturated rings. The van der Waals surface area contributed by atoms with E-state index in [0.29, 0.717) is 12.6 Å². The van der Waals surface area contributed by atoms with Crippen LogP contribution in [0.3, 0.4) is 0 Å². The number of fused-ring (bicyclic) bond motifs is 2. The summed E-state index contributed by atoms with van der Waals surface area (Å²) in [4.78, 5) is 17.6. The Morgan fingerprint density at radius 3 is 2.89 bits per heavy atom. The summed E-state index contributed by atoms with van der Waals surface area (Å²) in [5.74, 6) is 0.0743. The minimum absolute atomic E-state index is 0.0743. The minimum Gasteiger partial charge on any atom is -0.352 e. The average Bonchev–Trinajstić information content (AvgIpc) is 3.20. The first-order chi connectivity index (χ1) is 13.0. The van der Waals surface area contributed by atoms with Crippen molar-refractivity contribution >= 4 is 16.8 Å². The van der Waals surface area contributed by atoms with Crippen molar-refractivity contribution in [1.82, 2.24) is 19.7 Å². The number of carbonyl (C=O) groups is 1. The third kappa shape index (κ3) is 3.90. The van der Waals surface area contributed by atoms with Gasteiger partial charge in [-0.05, 0) is 51.8 Å². The Bertz CT molecular complexity index is 812. The van der Waals surface area contributed by atoms with Crippen LogP contribution in [0.2, 0.25) is 0 Å². The predicted octanol–water partition coefficient (Wildman–Crippen LogP) is 2.83. The summed E-state index contributed by atoms with van der Waals surface area (Å²) in [6.45, 7) is 11.3. The van der Waals surface area contributed by atoms with E-state index in [2.05, 4.69) is 57.1 Å². The molecule has 1 aromatic heterocycles. The van der Waals surface area contributed by atoms with Crippen LogP contribution in [0.25, 0.3) is 10.9 Å². The van der Waals surface area contributed by atoms with Gasteiger partial charge < -0.3 is 9.88 Å². The first-order valence-corrected chi connectivity index (χ1v) is 10.4. The van der Waals surface area contributed by atoms with E-state index in [1.165, 1.54) is 36.9 Å². The Labute approximate surface area is 162 Å². The number of nitrogens with one attached hydrogen (secondary N) is 1. The molecule has 3 heterocycles. The number of hydrogen-bond donors (Lipinski definition) is 1. The highest BCUT2D eigenvalue weighted by atomic mass is 16.2. The zero-order valence-corrected chi connectivity index (χ0v) is 16.8. The van der Waals surface area contributed by atoms with Crippen molar-refractivity contribution in [2.75, 3.05) is 19.6 Å². The second kappa shape index (κ2) is 7.64. The highest BCUT2D eigenvalue weighted by Crippen LogP contribution is 2.28. The Hall–Kier alpha value is -1.85. The topological polar surface area (TPSA) is 40.5 Å². The van der Waals surface area contributed by atoms with Gasteiger partial charge in [0.1, 0.15) is 6.54 Å². The molecule has 0 spiro atoms. The smallest absolute Gasteiger partial charge is 0.240 e. The van der Waals surface area contributed by atoms with Gasteiger partial charge in [0.15, 0.2) is 0 Å². The van der Waals surface area contributed by atoms with E-state index in [1.807, 2.05) is 13.8 Å². The van der Waals surface area contributed by atoms with Gasteiger partial charge in [-0.1, -0.05) is 18.2 Å². The summed E-state index contributed by atoms with van der Waals surface area (Å²) in [6, 6.07) is 9.95. The quantitative estimate of drug-likeness (QED) is 0.882. The number of para-hydroxylation sites is 1. The van der Waals surface area contributed by atoms with Crippen molar-refractivity contribution in [2.24, 2.45) is 0 Å². The van der Waals surface area contributed by atoms with Gasteiger partial charge in [-0.15, -0.1) is 0 Å². The third-order valence-electron chi connectivity index (χ3n) is 6.07. The monoisotopic (exact) mass is 368 g/mol. The molecule has 0 saturated carbocycles. The lowest BCUT2D eigenvalue weighted by molar-refractivity contribution is -0.122. The van der Waals surface area contributed by atoms with Crippen molar-refractivity contribution in [3.63, 3.8) is 0 Å². The first-order valence-electron chi connectivity index (χ1n) is 10.4. The molecule has 1 N–H and O–H groups in total. The summed E-state index contributed by atoms with van der Waals surface area (Å²) in [5, 5.41) is 4.28. The molecule has 27 heavy (non-hydrogen) atoms. The SMILES string of the molecule is CC(C)NC(=O)Cn1cc(CN2C[C@H]3CCCN3C[C@@H]2C)c2ccccc21. The maximum Gasteiger partial charge on any atom is 0.240 e. The van der Waals surface area contributed by atoms with Crippen LogP contribution < -0.4 is 5.32 Å². The van der Waals surface area contributed by atoms with Crippen LogP contribution in [0.1, 0.15) is 39.2 Å². The second-order valence-electron chi connectivity index (χ2n) is 8.59. The number of rotatable bonds is 5. The van der Waals surface area contributed by atoms with Gasteiger partial charge >= 0.3 is 0 Å². The maximum absolute atomic E-state index is 12.3. The molecular formula is C22H32N4O. The number of hydrogen-bond acceptors (Lipinski definition) is 3. The number of nitrogens with zero attached hydrogens (tertiary/aromatic N) is 3. The van der Waals surface area contributed by atoms with E-state index in [4.69, 9.17) is 0 Å². The normalized spacial score (nSPS) is 23.9. The van der Waals surface area contributed by atoms with Gasteiger partial charge in [0.2, 0.25) is 5.91 Å². The molecule has 1 amide bonds. The lowest BCUT2D eigenvalue weighted by Gasteiger charge is -2.42. The Morgan fingerprint density at radius 2 is 2.07 bits per heavy atom. The molecule has 0 unspecified atom stereocenters. The molecule has 5 heteroatoms. The van der Waals surface area contributed by atoms with Crippen LogP contribution in [0.15, 0.2) is 30.5 Å². The Balaban J connectivity index is 1.55. The second-order valence-corrected chi connectivity index (χ2v) is 8.59. The van der Waals surface area contributed by atoms with Gasteiger partial charge in [0.05, 0.1) is 0 Å². The van der Waals surface area contributed by atoms with Crippen molar-refractivity contribution < 1.29 is 4.79 Å². The summed E-state index contributed by atoms with van der Waals surface area (Å²) < 4.78 is 2.11. The van der Waals surface area contributed by atoms with E-state index < -0.39 is 0 Å². The highest BCUT2D eigenvalue weighted by Gasteiger charge is 2.34. The van der Waals surface area contributed by atoms with Crippen LogP contribution in [0, 0.1) is 0 Å². The molecule has 0 bridgehead atoms. The summed E-state index contributed by atoms with van der Waals surface area (Å²) in [5.41, 5.74) is 2.49. The Morgan fingerprint density at radius 1 is 1.26 bits per heavy atom. The molecule has 2 atom stereocenters. The standard InChI is InChI=1S/C22H32N4O/c1-16(2)23-22(27)15-26-13-18(20-8-4-5-9-21(20)26)12-25-14-19-7-6-10-24(19)11-17(25)3/h4-5,8-9,13,16-17,19H,6-7,10-12,14-15H2,1-3H3,(H,23,27)/t17-,19+/m0/s1. The fraction of sp³-hybridized carbons (Fsp3) is 0.591. The lowest BCUT2D eigenvalue weighted by Crippen LogP contribution is -2.54. The number of benzene rings is 1. The summed E-state index contributed by atoms with van der Waals surface area (Å²) >= 11 is 0. The van der Waals surface area contributed by atoms with E-state index in [9.17, 15) is 4.79 Å². The molecule has 1 aromatic carbocycles. The van der Waals surface area contributed by atoms with Crippen LogP contribution in [-0.4, -0.2) is 58.0 Å². The van der Waals surface area contributed by atoms with E-state index in [0.717, 1.165) is 24.6 Å². The van der Waals surface area contributed by atoms with Crippen molar-refractivity contribution in [3.05, 3.63) is 36.0 Å². The zero-order valence-electron chi connectivity index (χ0n) is 16.8. The average molecular weight is 369 g/mol. The molecule has 2 aromatic rings. The number of carbonyl (C=O) groups excluding carboxylic acids is 1. The fourth-order valence-electron chi connectivity index (χ4n) is 4.79. The van der Waals surface area contributed by atoms with Gasteiger partial charge in [0, 0.05) is 54.9 Å². The first kappa shape index (κ1) is 18.5. The number of aromatic nitrogens is 1. The van der Waals surface area contributed by atoms with E-state index in [1.54, 1.807) is 0 Å². The molecular weight excluding hydrogens is 336 g/mol. The number of amides is 1. The van der Waals surface area contributed by atoms with Crippen LogP contribution in [0.5, 0.6) is 0 Å². The lowest BCUT2D eigenvalue weighted by atomic mass is 10.1. The number of piperazine rings is 1. The minimum atomic E-state index is 0.0743. The van der Waals surface area contributed by atoms with Crippen LogP contribution >= 0.6 is 0 Å². The van der Waals surface area contributed by atoms with Gasteiger partial charge in [0.25, 0.3) is 0 Å². The molecule has 5 nitrogen and oxygen atoms in total. The van der Waals surface area contributed by atoms with Crippen LogP contribution in [0.4, 0.5) is 0 Å². The highest BCUT2D eigenvalue weighted by molar-refractivity contribution is 5.86. The third-order valence-corrected chi connectivity index (χ3v) is 6.07. The fourth-order valence-corrected chi connectivity index (χ4v) is 4.79. The molecule has 4 rings (SSSR count). The van der Waals surface area contributed by atoms with Gasteiger partial charge in [-0.3, -0.25) is 14.6 Å². The Kier molecular flexibility index (Phi) is 5.24. The van der Waals surface area contributed by atoms with E-state index >= 15 is 0 Å². The maximum atomic E-state index is 12.3.